The number of hydrogen-bond donors (Lipinski definition) is 2. The van der Waals surface area contributed by atoms with Gasteiger partial charge in [-0.15, -0.1) is 0 Å². The maximum Gasteiger partial charge on any atom is 0.0516 e. The molecule has 0 spiro atoms. The highest BCUT2D eigenvalue weighted by molar-refractivity contribution is 5.33. The Hall–Kier alpha value is -0.860. The van der Waals surface area contributed by atoms with Gasteiger partial charge in [-0.1, -0.05) is 18.2 Å². The van der Waals surface area contributed by atoms with E-state index < -0.39 is 0 Å². The first-order valence-electron chi connectivity index (χ1n) is 8.63. The van der Waals surface area contributed by atoms with Crippen LogP contribution in [-0.2, 0) is 0 Å². The summed E-state index contributed by atoms with van der Waals surface area (Å²) in [5, 5.41) is 0. The maximum absolute atomic E-state index is 6.06. The molecule has 0 aromatic heterocycles. The Morgan fingerprint density at radius 3 is 2.05 bits per heavy atom. The van der Waals surface area contributed by atoms with E-state index in [0.717, 1.165) is 17.8 Å². The van der Waals surface area contributed by atoms with E-state index in [4.69, 9.17) is 5.84 Å². The largest absolute Gasteiger partial charge is 0.271 e. The number of rotatable bonds is 3. The zero-order chi connectivity index (χ0) is 14.6. The minimum absolute atomic E-state index is 0.338. The predicted molar refractivity (Wildman–Crippen MR) is 86.6 cm³/mol. The second-order valence-corrected chi connectivity index (χ2v) is 8.22. The van der Waals surface area contributed by atoms with E-state index >= 15 is 0 Å². The Labute approximate surface area is 128 Å². The molecule has 4 aliphatic rings. The highest BCUT2D eigenvalue weighted by Gasteiger charge is 2.54. The zero-order valence-corrected chi connectivity index (χ0v) is 13.4. The molecule has 5 rings (SSSR count). The molecule has 3 N–H and O–H groups in total. The molecule has 2 heteroatoms. The van der Waals surface area contributed by atoms with Gasteiger partial charge >= 0.3 is 0 Å². The van der Waals surface area contributed by atoms with Gasteiger partial charge in [-0.3, -0.25) is 11.3 Å². The van der Waals surface area contributed by atoms with E-state index in [1.54, 1.807) is 0 Å². The fourth-order valence-corrected chi connectivity index (χ4v) is 6.10. The highest BCUT2D eigenvalue weighted by Crippen LogP contribution is 2.63. The van der Waals surface area contributed by atoms with Crippen molar-refractivity contribution < 1.29 is 0 Å². The van der Waals surface area contributed by atoms with Gasteiger partial charge in [0, 0.05) is 0 Å². The van der Waals surface area contributed by atoms with Crippen molar-refractivity contribution in [3.63, 3.8) is 0 Å². The van der Waals surface area contributed by atoms with Crippen molar-refractivity contribution in [2.24, 2.45) is 29.0 Å². The lowest BCUT2D eigenvalue weighted by Crippen LogP contribution is -2.53. The normalized spacial score (nSPS) is 38.7. The van der Waals surface area contributed by atoms with Gasteiger partial charge < -0.3 is 0 Å². The van der Waals surface area contributed by atoms with Crippen molar-refractivity contribution >= 4 is 0 Å². The lowest BCUT2D eigenvalue weighted by atomic mass is 9.47. The summed E-state index contributed by atoms with van der Waals surface area (Å²) in [5.41, 5.74) is 7.81. The summed E-state index contributed by atoms with van der Waals surface area (Å²) < 4.78 is 0. The van der Waals surface area contributed by atoms with Crippen LogP contribution in [0.2, 0.25) is 0 Å². The van der Waals surface area contributed by atoms with Gasteiger partial charge in [-0.05, 0) is 92.2 Å². The molecule has 0 amide bonds. The quantitative estimate of drug-likeness (QED) is 0.650. The summed E-state index contributed by atoms with van der Waals surface area (Å²) in [6.07, 6.45) is 8.64. The second kappa shape index (κ2) is 4.82. The van der Waals surface area contributed by atoms with Gasteiger partial charge in [-0.2, -0.15) is 0 Å². The molecule has 0 heterocycles. The first kappa shape index (κ1) is 13.8. The van der Waals surface area contributed by atoms with Crippen molar-refractivity contribution in [2.45, 2.75) is 58.4 Å². The number of nitrogens with two attached hydrogens (primary N) is 1. The van der Waals surface area contributed by atoms with Crippen LogP contribution in [-0.4, -0.2) is 0 Å². The third-order valence-corrected chi connectivity index (χ3v) is 6.73. The minimum Gasteiger partial charge on any atom is -0.271 e. The van der Waals surface area contributed by atoms with E-state index in [9.17, 15) is 0 Å². The monoisotopic (exact) mass is 284 g/mol. The molecule has 2 nitrogen and oxygen atoms in total. The fraction of sp³-hybridized carbons (Fsp3) is 0.684. The lowest BCUT2D eigenvalue weighted by Gasteiger charge is -2.59. The first-order chi connectivity index (χ1) is 10.1. The van der Waals surface area contributed by atoms with Crippen LogP contribution in [0.15, 0.2) is 18.2 Å². The maximum atomic E-state index is 6.06. The van der Waals surface area contributed by atoms with Crippen molar-refractivity contribution in [3.8, 4) is 0 Å². The highest BCUT2D eigenvalue weighted by atomic mass is 15.2. The Morgan fingerprint density at radius 2 is 1.57 bits per heavy atom. The Morgan fingerprint density at radius 1 is 1.00 bits per heavy atom. The molecular formula is C19H28N2. The van der Waals surface area contributed by atoms with E-state index in [1.165, 1.54) is 55.2 Å². The number of hydrazine groups is 1. The summed E-state index contributed by atoms with van der Waals surface area (Å²) in [5.74, 6) is 8.98. The van der Waals surface area contributed by atoms with E-state index in [0.29, 0.717) is 11.5 Å². The van der Waals surface area contributed by atoms with Crippen LogP contribution < -0.4 is 11.3 Å². The molecule has 0 radical (unpaired) electrons. The number of aryl methyl sites for hydroxylation is 2. The van der Waals surface area contributed by atoms with Crippen molar-refractivity contribution in [1.29, 1.82) is 0 Å². The predicted octanol–water partition coefficient (Wildman–Crippen LogP) is 4.02. The molecule has 4 fully saturated rings. The summed E-state index contributed by atoms with van der Waals surface area (Å²) in [4.78, 5) is 0. The Kier molecular flexibility index (Phi) is 3.16. The van der Waals surface area contributed by atoms with Crippen molar-refractivity contribution in [1.82, 2.24) is 5.43 Å². The molecule has 114 valence electrons. The van der Waals surface area contributed by atoms with Crippen LogP contribution in [0.1, 0.15) is 61.3 Å². The third kappa shape index (κ3) is 2.15. The SMILES string of the molecule is Cc1ccc(C(NN)C23CC4CC(CC(C4)C2)C3)cc1C. The van der Waals surface area contributed by atoms with Crippen LogP contribution in [0.25, 0.3) is 0 Å². The average molecular weight is 284 g/mol. The molecule has 1 unspecified atom stereocenters. The second-order valence-electron chi connectivity index (χ2n) is 8.22. The molecule has 4 aliphatic carbocycles. The van der Waals surface area contributed by atoms with E-state index in [-0.39, 0.29) is 0 Å². The number of hydrogen-bond acceptors (Lipinski definition) is 2. The van der Waals surface area contributed by atoms with E-state index in [1.807, 2.05) is 0 Å². The lowest BCUT2D eigenvalue weighted by molar-refractivity contribution is -0.0749. The molecule has 1 aromatic carbocycles. The van der Waals surface area contributed by atoms with Crippen molar-refractivity contribution in [2.75, 3.05) is 0 Å². The molecule has 4 bridgehead atoms. The first-order valence-corrected chi connectivity index (χ1v) is 8.63. The Bertz CT molecular complexity index is 513. The van der Waals surface area contributed by atoms with Gasteiger partial charge in [0.1, 0.15) is 0 Å². The van der Waals surface area contributed by atoms with Gasteiger partial charge in [0.25, 0.3) is 0 Å². The summed E-state index contributed by atoms with van der Waals surface area (Å²) in [7, 11) is 0. The molecular weight excluding hydrogens is 256 g/mol. The van der Waals surface area contributed by atoms with Crippen LogP contribution in [0.4, 0.5) is 0 Å². The van der Waals surface area contributed by atoms with Gasteiger partial charge in [-0.25, -0.2) is 0 Å². The zero-order valence-electron chi connectivity index (χ0n) is 13.4. The summed E-state index contributed by atoms with van der Waals surface area (Å²) in [6.45, 7) is 4.40. The van der Waals surface area contributed by atoms with Crippen LogP contribution in [0.5, 0.6) is 0 Å². The van der Waals surface area contributed by atoms with Gasteiger partial charge in [0.2, 0.25) is 0 Å². The smallest absolute Gasteiger partial charge is 0.0516 e. The van der Waals surface area contributed by atoms with Crippen molar-refractivity contribution in [3.05, 3.63) is 34.9 Å². The molecule has 0 saturated heterocycles. The summed E-state index contributed by atoms with van der Waals surface area (Å²) in [6, 6.07) is 7.25. The topological polar surface area (TPSA) is 38.0 Å². The van der Waals surface area contributed by atoms with Gasteiger partial charge in [0.15, 0.2) is 0 Å². The fourth-order valence-electron chi connectivity index (χ4n) is 6.10. The summed E-state index contributed by atoms with van der Waals surface area (Å²) >= 11 is 0. The molecule has 21 heavy (non-hydrogen) atoms. The molecule has 4 saturated carbocycles. The van der Waals surface area contributed by atoms with Crippen LogP contribution in [0, 0.1) is 37.0 Å². The van der Waals surface area contributed by atoms with E-state index in [2.05, 4.69) is 37.5 Å². The number of benzene rings is 1. The molecule has 1 aromatic rings. The van der Waals surface area contributed by atoms with Gasteiger partial charge in [0.05, 0.1) is 6.04 Å². The molecule has 1 atom stereocenters. The minimum atomic E-state index is 0.338. The Balaban J connectivity index is 1.70. The number of nitrogens with one attached hydrogen (secondary N) is 1. The molecule has 0 aliphatic heterocycles. The average Bonchev–Trinajstić information content (AvgIpc) is 2.41. The van der Waals surface area contributed by atoms with Crippen LogP contribution >= 0.6 is 0 Å². The third-order valence-electron chi connectivity index (χ3n) is 6.73. The standard InChI is InChI=1S/C19H28N2/c1-12-3-4-17(5-13(12)2)18(21-20)19-9-14-6-15(10-19)8-16(7-14)11-19/h3-5,14-16,18,21H,6-11,20H2,1-2H3. The van der Waals surface area contributed by atoms with Crippen LogP contribution in [0.3, 0.4) is 0 Å².